The molecule has 0 fully saturated rings. The third-order valence-corrected chi connectivity index (χ3v) is 3.56. The molecule has 0 bridgehead atoms. The van der Waals surface area contributed by atoms with E-state index in [0.717, 1.165) is 37.1 Å². The zero-order chi connectivity index (χ0) is 12.8. The van der Waals surface area contributed by atoms with Crippen molar-refractivity contribution in [3.63, 3.8) is 0 Å². The molecule has 0 aromatic carbocycles. The van der Waals surface area contributed by atoms with Crippen LogP contribution in [0.15, 0.2) is 12.3 Å². The Morgan fingerprint density at radius 1 is 1.33 bits per heavy atom. The molecule has 2 rings (SSSR count). The summed E-state index contributed by atoms with van der Waals surface area (Å²) in [6, 6.07) is 1.91. The van der Waals surface area contributed by atoms with Crippen LogP contribution in [0.25, 0.3) is 0 Å². The van der Waals surface area contributed by atoms with E-state index >= 15 is 0 Å². The highest BCUT2D eigenvalue weighted by atomic mass is 35.5. The van der Waals surface area contributed by atoms with Crippen molar-refractivity contribution in [3.05, 3.63) is 23.5 Å². The van der Waals surface area contributed by atoms with Crippen LogP contribution in [-0.4, -0.2) is 16.8 Å². The monoisotopic (exact) mass is 266 g/mol. The second kappa shape index (κ2) is 6.74. The summed E-state index contributed by atoms with van der Waals surface area (Å²) in [5.74, 6) is 0.705. The molecule has 98 valence electrons. The molecule has 1 aromatic heterocycles. The summed E-state index contributed by atoms with van der Waals surface area (Å²) in [5, 5.41) is 3.01. The topological polar surface area (TPSA) is 42.0 Å². The van der Waals surface area contributed by atoms with Crippen molar-refractivity contribution in [1.29, 1.82) is 0 Å². The maximum atomic E-state index is 11.8. The van der Waals surface area contributed by atoms with Gasteiger partial charge in [0.2, 0.25) is 5.91 Å². The Hall–Kier alpha value is -1.09. The number of aromatic nitrogens is 1. The molecule has 1 aliphatic rings. The number of hydrogen-bond acceptors (Lipinski definition) is 2. The van der Waals surface area contributed by atoms with Crippen molar-refractivity contribution in [1.82, 2.24) is 4.98 Å². The third kappa shape index (κ3) is 3.45. The van der Waals surface area contributed by atoms with E-state index in [4.69, 9.17) is 11.6 Å². The maximum absolute atomic E-state index is 11.8. The Balaban J connectivity index is 1.98. The number of nitrogens with one attached hydrogen (secondary N) is 1. The van der Waals surface area contributed by atoms with Crippen LogP contribution < -0.4 is 5.32 Å². The Bertz CT molecular complexity index is 420. The first-order chi connectivity index (χ1) is 8.81. The summed E-state index contributed by atoms with van der Waals surface area (Å²) < 4.78 is 0. The molecule has 1 heterocycles. The van der Waals surface area contributed by atoms with Crippen molar-refractivity contribution < 1.29 is 4.79 Å². The molecule has 3 nitrogen and oxygen atoms in total. The Morgan fingerprint density at radius 2 is 2.17 bits per heavy atom. The summed E-state index contributed by atoms with van der Waals surface area (Å²) in [5.41, 5.74) is 3.34. The first-order valence-corrected chi connectivity index (χ1v) is 7.17. The molecule has 0 unspecified atom stereocenters. The van der Waals surface area contributed by atoms with Crippen LogP contribution in [-0.2, 0) is 17.6 Å². The molecule has 1 amide bonds. The third-order valence-electron chi connectivity index (χ3n) is 3.30. The SMILES string of the molecule is O=C(CCCCCl)Nc1ccnc2c1CCCC2. The van der Waals surface area contributed by atoms with Crippen molar-refractivity contribution >= 4 is 23.2 Å². The van der Waals surface area contributed by atoms with Crippen LogP contribution >= 0.6 is 11.6 Å². The van der Waals surface area contributed by atoms with Crippen LogP contribution in [0.1, 0.15) is 43.4 Å². The minimum atomic E-state index is 0.0825. The van der Waals surface area contributed by atoms with Gasteiger partial charge in [0.15, 0.2) is 0 Å². The Kier molecular flexibility index (Phi) is 5.00. The van der Waals surface area contributed by atoms with E-state index in [1.165, 1.54) is 18.4 Å². The summed E-state index contributed by atoms with van der Waals surface area (Å²) in [6.45, 7) is 0. The minimum absolute atomic E-state index is 0.0825. The first-order valence-electron chi connectivity index (χ1n) is 6.64. The lowest BCUT2D eigenvalue weighted by Gasteiger charge is -2.18. The van der Waals surface area contributed by atoms with E-state index in [2.05, 4.69) is 10.3 Å². The predicted octanol–water partition coefficient (Wildman–Crippen LogP) is 3.31. The second-order valence-electron chi connectivity index (χ2n) is 4.69. The van der Waals surface area contributed by atoms with Crippen LogP contribution in [0.2, 0.25) is 0 Å². The molecule has 0 radical (unpaired) electrons. The van der Waals surface area contributed by atoms with Gasteiger partial charge in [-0.1, -0.05) is 0 Å². The predicted molar refractivity (Wildman–Crippen MR) is 74.1 cm³/mol. The number of amides is 1. The van der Waals surface area contributed by atoms with Crippen LogP contribution in [0.5, 0.6) is 0 Å². The quantitative estimate of drug-likeness (QED) is 0.656. The Labute approximate surface area is 113 Å². The van der Waals surface area contributed by atoms with Gasteiger partial charge in [0.05, 0.1) is 0 Å². The Morgan fingerprint density at radius 3 is 3.00 bits per heavy atom. The van der Waals surface area contributed by atoms with Crippen LogP contribution in [0, 0.1) is 0 Å². The molecular weight excluding hydrogens is 248 g/mol. The highest BCUT2D eigenvalue weighted by Crippen LogP contribution is 2.26. The first kappa shape index (κ1) is 13.3. The molecule has 0 spiro atoms. The summed E-state index contributed by atoms with van der Waals surface area (Å²) in [4.78, 5) is 16.2. The van der Waals surface area contributed by atoms with E-state index < -0.39 is 0 Å². The lowest BCUT2D eigenvalue weighted by atomic mass is 9.95. The molecule has 4 heteroatoms. The van der Waals surface area contributed by atoms with Crippen molar-refractivity contribution in [2.75, 3.05) is 11.2 Å². The highest BCUT2D eigenvalue weighted by Gasteiger charge is 2.15. The lowest BCUT2D eigenvalue weighted by molar-refractivity contribution is -0.116. The largest absolute Gasteiger partial charge is 0.326 e. The molecular formula is C14H19ClN2O. The molecule has 18 heavy (non-hydrogen) atoms. The van der Waals surface area contributed by atoms with Gasteiger partial charge in [-0.15, -0.1) is 11.6 Å². The summed E-state index contributed by atoms with van der Waals surface area (Å²) in [6.07, 6.45) is 8.53. The number of aryl methyl sites for hydroxylation is 1. The smallest absolute Gasteiger partial charge is 0.224 e. The van der Waals surface area contributed by atoms with E-state index in [1.807, 2.05) is 6.07 Å². The number of halogens is 1. The van der Waals surface area contributed by atoms with Crippen molar-refractivity contribution in [3.8, 4) is 0 Å². The number of nitrogens with zero attached hydrogens (tertiary/aromatic N) is 1. The highest BCUT2D eigenvalue weighted by molar-refractivity contribution is 6.17. The molecule has 0 aliphatic heterocycles. The fraction of sp³-hybridized carbons (Fsp3) is 0.571. The van der Waals surface area contributed by atoms with Crippen LogP contribution in [0.4, 0.5) is 5.69 Å². The van der Waals surface area contributed by atoms with Gasteiger partial charge in [0.1, 0.15) is 0 Å². The van der Waals surface area contributed by atoms with Gasteiger partial charge in [-0.3, -0.25) is 9.78 Å². The van der Waals surface area contributed by atoms with Crippen molar-refractivity contribution in [2.24, 2.45) is 0 Å². The molecule has 1 aromatic rings. The maximum Gasteiger partial charge on any atom is 0.224 e. The van der Waals surface area contributed by atoms with Crippen LogP contribution in [0.3, 0.4) is 0 Å². The average molecular weight is 267 g/mol. The number of carbonyl (C=O) groups is 1. The summed E-state index contributed by atoms with van der Waals surface area (Å²) >= 11 is 5.60. The number of fused-ring (bicyclic) bond motifs is 1. The molecule has 0 atom stereocenters. The molecule has 1 aliphatic carbocycles. The number of anilines is 1. The average Bonchev–Trinajstić information content (AvgIpc) is 2.39. The zero-order valence-corrected chi connectivity index (χ0v) is 11.3. The van der Waals surface area contributed by atoms with Gasteiger partial charge in [0, 0.05) is 29.9 Å². The van der Waals surface area contributed by atoms with E-state index in [0.29, 0.717) is 12.3 Å². The minimum Gasteiger partial charge on any atom is -0.326 e. The van der Waals surface area contributed by atoms with Gasteiger partial charge < -0.3 is 5.32 Å². The number of unbranched alkanes of at least 4 members (excludes halogenated alkanes) is 1. The van der Waals surface area contributed by atoms with Gasteiger partial charge in [-0.05, 0) is 50.2 Å². The second-order valence-corrected chi connectivity index (χ2v) is 5.06. The van der Waals surface area contributed by atoms with Gasteiger partial charge in [-0.2, -0.15) is 0 Å². The lowest BCUT2D eigenvalue weighted by Crippen LogP contribution is -2.15. The van der Waals surface area contributed by atoms with E-state index in [1.54, 1.807) is 6.20 Å². The fourth-order valence-corrected chi connectivity index (χ4v) is 2.52. The molecule has 1 N–H and O–H groups in total. The molecule has 0 saturated carbocycles. The number of alkyl halides is 1. The van der Waals surface area contributed by atoms with Gasteiger partial charge in [-0.25, -0.2) is 0 Å². The van der Waals surface area contributed by atoms with E-state index in [-0.39, 0.29) is 5.91 Å². The van der Waals surface area contributed by atoms with Gasteiger partial charge >= 0.3 is 0 Å². The molecule has 0 saturated heterocycles. The summed E-state index contributed by atoms with van der Waals surface area (Å²) in [7, 11) is 0. The van der Waals surface area contributed by atoms with Gasteiger partial charge in [0.25, 0.3) is 0 Å². The number of hydrogen-bond donors (Lipinski definition) is 1. The normalized spacial score (nSPS) is 14.1. The number of rotatable bonds is 5. The number of pyridine rings is 1. The number of carbonyl (C=O) groups excluding carboxylic acids is 1. The standard InChI is InChI=1S/C14H19ClN2O/c15-9-4-3-7-14(18)17-13-8-10-16-12-6-2-1-5-11(12)13/h8,10H,1-7,9H2,(H,16,17,18). The zero-order valence-electron chi connectivity index (χ0n) is 10.5. The fourth-order valence-electron chi connectivity index (χ4n) is 2.33. The van der Waals surface area contributed by atoms with E-state index in [9.17, 15) is 4.79 Å². The van der Waals surface area contributed by atoms with Crippen molar-refractivity contribution in [2.45, 2.75) is 44.9 Å².